The predicted molar refractivity (Wildman–Crippen MR) is 169 cm³/mol. The molecule has 40 heavy (non-hydrogen) atoms. The Morgan fingerprint density at radius 2 is 1.32 bits per heavy atom. The lowest BCUT2D eigenvalue weighted by Gasteiger charge is -2.34. The predicted octanol–water partition coefficient (Wildman–Crippen LogP) is 6.78. The maximum atomic E-state index is 13.2. The molecule has 238 valence electrons. The van der Waals surface area contributed by atoms with E-state index in [9.17, 15) is 9.59 Å². The Kier molecular flexibility index (Phi) is 17.8. The van der Waals surface area contributed by atoms with Crippen LogP contribution in [0.4, 0.5) is 0 Å². The average Bonchev–Trinajstić information content (AvgIpc) is 2.81. The second-order valence-corrected chi connectivity index (χ2v) is 14.5. The molecule has 0 rings (SSSR count). The highest BCUT2D eigenvalue weighted by atomic mass is 16.5. The third kappa shape index (κ3) is 19.0. The second-order valence-electron chi connectivity index (χ2n) is 14.5. The molecule has 0 bridgehead atoms. The topological polar surface area (TPSA) is 88.7 Å². The Labute approximate surface area is 248 Å². The molecule has 0 fully saturated rings. The summed E-state index contributed by atoms with van der Waals surface area (Å²) >= 11 is 0. The van der Waals surface area contributed by atoms with Crippen LogP contribution in [-0.4, -0.2) is 60.9 Å². The van der Waals surface area contributed by atoms with Gasteiger partial charge < -0.3 is 25.4 Å². The molecule has 0 aliphatic heterocycles. The monoisotopic (exact) mass is 570 g/mol. The van der Waals surface area contributed by atoms with Crippen molar-refractivity contribution in [2.75, 3.05) is 26.3 Å². The summed E-state index contributed by atoms with van der Waals surface area (Å²) in [5.41, 5.74) is -1.58. The van der Waals surface area contributed by atoms with E-state index in [-0.39, 0.29) is 17.4 Å². The number of amides is 2. The maximum absolute atomic E-state index is 13.2. The van der Waals surface area contributed by atoms with Crippen LogP contribution in [0.15, 0.2) is 0 Å². The van der Waals surface area contributed by atoms with Crippen LogP contribution >= 0.6 is 0 Å². The van der Waals surface area contributed by atoms with E-state index in [1.807, 2.05) is 41.5 Å². The van der Waals surface area contributed by atoms with Crippen LogP contribution in [0.25, 0.3) is 0 Å². The lowest BCUT2D eigenvalue weighted by Crippen LogP contribution is -2.50. The lowest BCUT2D eigenvalue weighted by atomic mass is 9.86. The van der Waals surface area contributed by atoms with Crippen molar-refractivity contribution in [3.05, 3.63) is 0 Å². The van der Waals surface area contributed by atoms with Crippen LogP contribution in [0.3, 0.4) is 0 Å². The van der Waals surface area contributed by atoms with Crippen molar-refractivity contribution in [2.45, 2.75) is 164 Å². The number of ether oxygens (including phenoxy) is 2. The van der Waals surface area contributed by atoms with Crippen LogP contribution in [-0.2, 0) is 19.1 Å². The zero-order valence-electron chi connectivity index (χ0n) is 28.5. The Hall–Kier alpha value is -1.18. The zero-order chi connectivity index (χ0) is 31.0. The second kappa shape index (κ2) is 18.4. The normalized spacial score (nSPS) is 14.6. The summed E-state index contributed by atoms with van der Waals surface area (Å²) < 4.78 is 12.3. The fourth-order valence-corrected chi connectivity index (χ4v) is 4.32. The molecule has 0 heterocycles. The third-order valence-corrected chi connectivity index (χ3v) is 8.03. The molecule has 0 spiro atoms. The molecule has 0 aromatic heterocycles. The Morgan fingerprint density at radius 3 is 1.90 bits per heavy atom. The van der Waals surface area contributed by atoms with Gasteiger partial charge in [0.15, 0.2) is 0 Å². The smallest absolute Gasteiger partial charge is 0.226 e. The number of hydrogen-bond donors (Lipinski definition) is 3. The van der Waals surface area contributed by atoms with Gasteiger partial charge in [-0.3, -0.25) is 9.59 Å². The first-order valence-corrected chi connectivity index (χ1v) is 16.0. The molecule has 0 saturated carbocycles. The van der Waals surface area contributed by atoms with Gasteiger partial charge in [0.1, 0.15) is 0 Å². The van der Waals surface area contributed by atoms with E-state index in [2.05, 4.69) is 57.5 Å². The highest BCUT2D eigenvalue weighted by Gasteiger charge is 2.33. The first-order valence-electron chi connectivity index (χ1n) is 16.0. The Bertz CT molecular complexity index is 718. The zero-order valence-corrected chi connectivity index (χ0v) is 28.5. The van der Waals surface area contributed by atoms with Gasteiger partial charge in [0, 0.05) is 43.2 Å². The number of rotatable bonds is 23. The van der Waals surface area contributed by atoms with E-state index in [1.165, 1.54) is 12.8 Å². The third-order valence-electron chi connectivity index (χ3n) is 8.03. The SMILES string of the molecule is CCCC(C)CCNC(=O)CCC(C)(C)OCCC(C)(C)NC(=O)C(C)(C)CCOC(C)(C)CCNC(C)CC. The summed E-state index contributed by atoms with van der Waals surface area (Å²) in [6.07, 6.45) is 7.91. The number of carbonyl (C=O) groups excluding carboxylic acids is 2. The summed E-state index contributed by atoms with van der Waals surface area (Å²) in [5.74, 6) is 0.763. The van der Waals surface area contributed by atoms with Gasteiger partial charge in [0.2, 0.25) is 11.8 Å². The first kappa shape index (κ1) is 38.8. The molecule has 3 N–H and O–H groups in total. The molecule has 0 aliphatic rings. The lowest BCUT2D eigenvalue weighted by molar-refractivity contribution is -0.133. The van der Waals surface area contributed by atoms with Crippen LogP contribution in [0, 0.1) is 11.3 Å². The van der Waals surface area contributed by atoms with E-state index in [1.54, 1.807) is 0 Å². The molecule has 2 unspecified atom stereocenters. The molecule has 0 radical (unpaired) electrons. The molecule has 7 nitrogen and oxygen atoms in total. The molecular formula is C33H67N3O4. The van der Waals surface area contributed by atoms with Crippen LogP contribution < -0.4 is 16.0 Å². The van der Waals surface area contributed by atoms with Gasteiger partial charge in [-0.15, -0.1) is 0 Å². The van der Waals surface area contributed by atoms with Gasteiger partial charge in [0.05, 0.1) is 11.2 Å². The quantitative estimate of drug-likeness (QED) is 0.126. The fraction of sp³-hybridized carbons (Fsp3) is 0.939. The van der Waals surface area contributed by atoms with Crippen molar-refractivity contribution in [1.29, 1.82) is 0 Å². The van der Waals surface area contributed by atoms with Gasteiger partial charge >= 0.3 is 0 Å². The largest absolute Gasteiger partial charge is 0.375 e. The molecule has 7 heteroatoms. The van der Waals surface area contributed by atoms with Crippen molar-refractivity contribution in [2.24, 2.45) is 11.3 Å². The van der Waals surface area contributed by atoms with Crippen molar-refractivity contribution in [3.63, 3.8) is 0 Å². The minimum Gasteiger partial charge on any atom is -0.375 e. The van der Waals surface area contributed by atoms with Gasteiger partial charge in [-0.1, -0.05) is 47.5 Å². The maximum Gasteiger partial charge on any atom is 0.226 e. The number of nitrogens with one attached hydrogen (secondary N) is 3. The first-order chi connectivity index (χ1) is 18.3. The van der Waals surface area contributed by atoms with Gasteiger partial charge in [-0.05, 0) is 99.5 Å². The standard InChI is InChI=1S/C33H67N3O4/c1-13-15-26(3)17-22-35-28(37)16-18-32(9,10)40-25-21-31(7,8)36-29(38)30(5,6)20-24-39-33(11,12)19-23-34-27(4)14-2/h26-27,34H,13-25H2,1-12H3,(H,35,37)(H,36,38). The molecule has 2 amide bonds. The van der Waals surface area contributed by atoms with Crippen molar-refractivity contribution < 1.29 is 19.1 Å². The van der Waals surface area contributed by atoms with Crippen LogP contribution in [0.5, 0.6) is 0 Å². The van der Waals surface area contributed by atoms with Gasteiger partial charge in [-0.2, -0.15) is 0 Å². The van der Waals surface area contributed by atoms with Crippen molar-refractivity contribution in [1.82, 2.24) is 16.0 Å². The van der Waals surface area contributed by atoms with E-state index >= 15 is 0 Å². The van der Waals surface area contributed by atoms with Crippen LogP contribution in [0.2, 0.25) is 0 Å². The summed E-state index contributed by atoms with van der Waals surface area (Å²) in [5, 5.41) is 9.79. The van der Waals surface area contributed by atoms with Crippen LogP contribution in [0.1, 0.15) is 141 Å². The number of hydrogen-bond acceptors (Lipinski definition) is 5. The summed E-state index contributed by atoms with van der Waals surface area (Å²) in [6, 6.07) is 0.513. The fourth-order valence-electron chi connectivity index (χ4n) is 4.32. The van der Waals surface area contributed by atoms with Gasteiger partial charge in [0.25, 0.3) is 0 Å². The summed E-state index contributed by atoms with van der Waals surface area (Å²) in [7, 11) is 0. The van der Waals surface area contributed by atoms with Gasteiger partial charge in [-0.25, -0.2) is 0 Å². The minimum atomic E-state index is -0.538. The van der Waals surface area contributed by atoms with E-state index in [4.69, 9.17) is 9.47 Å². The molecule has 0 aromatic carbocycles. The summed E-state index contributed by atoms with van der Waals surface area (Å²) in [6.45, 7) is 27.8. The Balaban J connectivity index is 4.44. The van der Waals surface area contributed by atoms with Crippen molar-refractivity contribution >= 4 is 11.8 Å². The molecule has 2 atom stereocenters. The molecule has 0 aromatic rings. The minimum absolute atomic E-state index is 0.0292. The molecule has 0 aliphatic carbocycles. The van der Waals surface area contributed by atoms with Crippen molar-refractivity contribution in [3.8, 4) is 0 Å². The molecule has 0 saturated heterocycles. The van der Waals surface area contributed by atoms with E-state index in [0.717, 1.165) is 32.4 Å². The highest BCUT2D eigenvalue weighted by molar-refractivity contribution is 5.82. The summed E-state index contributed by atoms with van der Waals surface area (Å²) in [4.78, 5) is 25.4. The average molecular weight is 570 g/mol. The van der Waals surface area contributed by atoms with E-state index in [0.29, 0.717) is 50.9 Å². The number of carbonyl (C=O) groups is 2. The van der Waals surface area contributed by atoms with E-state index < -0.39 is 16.6 Å². The Morgan fingerprint density at radius 1 is 0.750 bits per heavy atom. The molecular weight excluding hydrogens is 502 g/mol. The highest BCUT2D eigenvalue weighted by Crippen LogP contribution is 2.25.